The Bertz CT molecular complexity index is 929. The van der Waals surface area contributed by atoms with Crippen molar-refractivity contribution in [3.05, 3.63) is 69.7 Å². The average Bonchev–Trinajstić information content (AvgIpc) is 2.56. The van der Waals surface area contributed by atoms with E-state index in [9.17, 15) is 0 Å². The van der Waals surface area contributed by atoms with Gasteiger partial charge in [-0.15, -0.1) is 0 Å². The molecule has 0 saturated heterocycles. The number of hydrogen-bond acceptors (Lipinski definition) is 3. The molecule has 0 saturated carbocycles. The highest BCUT2D eigenvalue weighted by Gasteiger charge is 2.21. The molecule has 3 aromatic rings. The lowest BCUT2D eigenvalue weighted by molar-refractivity contribution is 0.481. The maximum absolute atomic E-state index is 6.40. The molecule has 0 amide bonds. The van der Waals surface area contributed by atoms with E-state index in [4.69, 9.17) is 39.5 Å². The fourth-order valence-electron chi connectivity index (χ4n) is 2.28. The zero-order valence-electron chi connectivity index (χ0n) is 12.1. The lowest BCUT2D eigenvalue weighted by Gasteiger charge is -2.20. The fraction of sp³-hybridized carbons (Fsp3) is 0. The van der Waals surface area contributed by atoms with E-state index in [0.29, 0.717) is 20.8 Å². The Balaban J connectivity index is 1.70. The summed E-state index contributed by atoms with van der Waals surface area (Å²) in [7, 11) is 0. The van der Waals surface area contributed by atoms with Gasteiger partial charge < -0.3 is 4.74 Å². The molecule has 0 aromatic heterocycles. The summed E-state index contributed by atoms with van der Waals surface area (Å²) in [5, 5.41) is 1.69. The van der Waals surface area contributed by atoms with Gasteiger partial charge in [0.1, 0.15) is 11.5 Å². The first kappa shape index (κ1) is 16.5. The predicted octanol–water partition coefficient (Wildman–Crippen LogP) is 8.05. The van der Waals surface area contributed by atoms with Crippen molar-refractivity contribution in [1.29, 1.82) is 0 Å². The molecule has 1 aliphatic heterocycles. The van der Waals surface area contributed by atoms with Crippen molar-refractivity contribution < 1.29 is 4.74 Å². The molecule has 1 heterocycles. The first-order chi connectivity index (χ1) is 11.6. The van der Waals surface area contributed by atoms with Gasteiger partial charge in [-0.05, 0) is 36.4 Å². The summed E-state index contributed by atoms with van der Waals surface area (Å²) in [4.78, 5) is 4.32. The van der Waals surface area contributed by atoms with Gasteiger partial charge in [-0.2, -0.15) is 0 Å². The van der Waals surface area contributed by atoms with Crippen LogP contribution < -0.4 is 4.74 Å². The van der Waals surface area contributed by atoms with Crippen molar-refractivity contribution in [3.63, 3.8) is 0 Å². The molecule has 1 nitrogen and oxygen atoms in total. The number of benzene rings is 3. The maximum Gasteiger partial charge on any atom is 0.147 e. The number of rotatable bonds is 2. The van der Waals surface area contributed by atoms with Crippen LogP contribution in [-0.2, 0) is 0 Å². The van der Waals surface area contributed by atoms with Gasteiger partial charge in [-0.25, -0.2) is 0 Å². The van der Waals surface area contributed by atoms with Crippen LogP contribution in [0.2, 0.25) is 15.1 Å². The molecule has 24 heavy (non-hydrogen) atoms. The Labute approximate surface area is 163 Å². The summed E-state index contributed by atoms with van der Waals surface area (Å²) >= 11 is 21.9. The van der Waals surface area contributed by atoms with Gasteiger partial charge in [0.05, 0.1) is 15.1 Å². The predicted molar refractivity (Wildman–Crippen MR) is 103 cm³/mol. The van der Waals surface area contributed by atoms with E-state index >= 15 is 0 Å². The second kappa shape index (κ2) is 6.74. The second-order valence-electron chi connectivity index (χ2n) is 5.06. The van der Waals surface area contributed by atoms with Crippen LogP contribution in [0.5, 0.6) is 11.5 Å². The Hall–Kier alpha value is -0.970. The van der Waals surface area contributed by atoms with Crippen LogP contribution >= 0.6 is 58.3 Å². The maximum atomic E-state index is 6.40. The van der Waals surface area contributed by atoms with Gasteiger partial charge in [-0.1, -0.05) is 76.5 Å². The van der Waals surface area contributed by atoms with Gasteiger partial charge in [-0.3, -0.25) is 0 Å². The zero-order valence-corrected chi connectivity index (χ0v) is 16.0. The van der Waals surface area contributed by atoms with Crippen molar-refractivity contribution >= 4 is 58.3 Å². The van der Waals surface area contributed by atoms with Crippen LogP contribution in [-0.4, -0.2) is 0 Å². The van der Waals surface area contributed by atoms with Gasteiger partial charge in [0.2, 0.25) is 0 Å². The van der Waals surface area contributed by atoms with Crippen LogP contribution in [0.15, 0.2) is 74.2 Å². The normalized spacial score (nSPS) is 12.5. The summed E-state index contributed by atoms with van der Waals surface area (Å²) < 4.78 is 5.90. The van der Waals surface area contributed by atoms with Gasteiger partial charge in [0.25, 0.3) is 0 Å². The average molecular weight is 412 g/mol. The lowest BCUT2D eigenvalue weighted by Crippen LogP contribution is -1.93. The molecule has 0 bridgehead atoms. The first-order valence-electron chi connectivity index (χ1n) is 7.01. The van der Waals surface area contributed by atoms with E-state index in [1.54, 1.807) is 23.5 Å². The standard InChI is InChI=1S/C18H9Cl3OS2/c19-11-6-15-16(7-12(11)20)24-18-9-14(13(21)8-17(18)23-15)22-10-4-2-1-3-5-10/h1-9H. The Kier molecular flexibility index (Phi) is 4.63. The molecule has 4 rings (SSSR count). The highest BCUT2D eigenvalue weighted by Crippen LogP contribution is 2.52. The van der Waals surface area contributed by atoms with Gasteiger partial charge in [0.15, 0.2) is 0 Å². The van der Waals surface area contributed by atoms with Crippen LogP contribution in [0, 0.1) is 0 Å². The minimum absolute atomic E-state index is 0.557. The van der Waals surface area contributed by atoms with E-state index in [-0.39, 0.29) is 0 Å². The number of halogens is 3. The molecule has 0 aliphatic carbocycles. The molecule has 0 fully saturated rings. The van der Waals surface area contributed by atoms with E-state index < -0.39 is 0 Å². The topological polar surface area (TPSA) is 9.23 Å². The van der Waals surface area contributed by atoms with Crippen molar-refractivity contribution in [2.24, 2.45) is 0 Å². The summed E-state index contributed by atoms with van der Waals surface area (Å²) in [6.07, 6.45) is 0. The number of ether oxygens (including phenoxy) is 1. The van der Waals surface area contributed by atoms with E-state index in [0.717, 1.165) is 25.3 Å². The number of fused-ring (bicyclic) bond motifs is 2. The third-order valence-electron chi connectivity index (χ3n) is 3.40. The summed E-state index contributed by atoms with van der Waals surface area (Å²) in [6.45, 7) is 0. The van der Waals surface area contributed by atoms with Crippen molar-refractivity contribution in [3.8, 4) is 11.5 Å². The van der Waals surface area contributed by atoms with Crippen LogP contribution in [0.1, 0.15) is 0 Å². The second-order valence-corrected chi connectivity index (χ2v) is 8.45. The minimum Gasteiger partial charge on any atom is -0.456 e. The summed E-state index contributed by atoms with van der Waals surface area (Å²) in [5.74, 6) is 1.39. The molecule has 120 valence electrons. The summed E-state index contributed by atoms with van der Waals surface area (Å²) in [6, 6.07) is 17.3. The molecule has 0 spiro atoms. The fourth-order valence-corrected chi connectivity index (χ4v) is 5.31. The van der Waals surface area contributed by atoms with E-state index in [1.807, 2.05) is 54.6 Å². The number of para-hydroxylation sites is 1. The third-order valence-corrected chi connectivity index (χ3v) is 6.90. The molecule has 0 atom stereocenters. The van der Waals surface area contributed by atoms with Crippen molar-refractivity contribution in [2.45, 2.75) is 19.6 Å². The summed E-state index contributed by atoms with van der Waals surface area (Å²) in [5.41, 5.74) is 0. The minimum atomic E-state index is 0.557. The van der Waals surface area contributed by atoms with Crippen LogP contribution in [0.25, 0.3) is 0 Å². The zero-order chi connectivity index (χ0) is 16.7. The lowest BCUT2D eigenvalue weighted by atomic mass is 10.3. The Morgan fingerprint density at radius 3 is 1.71 bits per heavy atom. The molecule has 0 unspecified atom stereocenters. The van der Waals surface area contributed by atoms with Gasteiger partial charge >= 0.3 is 0 Å². The smallest absolute Gasteiger partial charge is 0.147 e. The molecule has 3 aromatic carbocycles. The first-order valence-corrected chi connectivity index (χ1v) is 9.78. The quantitative estimate of drug-likeness (QED) is 0.330. The van der Waals surface area contributed by atoms with E-state index in [2.05, 4.69) is 0 Å². The van der Waals surface area contributed by atoms with Gasteiger partial charge in [0, 0.05) is 19.6 Å². The molecular weight excluding hydrogens is 403 g/mol. The Morgan fingerprint density at radius 2 is 1.12 bits per heavy atom. The highest BCUT2D eigenvalue weighted by atomic mass is 35.5. The molecule has 0 radical (unpaired) electrons. The Morgan fingerprint density at radius 1 is 0.625 bits per heavy atom. The largest absolute Gasteiger partial charge is 0.456 e. The molecule has 1 aliphatic rings. The van der Waals surface area contributed by atoms with Crippen molar-refractivity contribution in [2.75, 3.05) is 0 Å². The van der Waals surface area contributed by atoms with Crippen molar-refractivity contribution in [1.82, 2.24) is 0 Å². The monoisotopic (exact) mass is 410 g/mol. The van der Waals surface area contributed by atoms with Crippen LogP contribution in [0.3, 0.4) is 0 Å². The molecule has 6 heteroatoms. The molecule has 0 N–H and O–H groups in total. The van der Waals surface area contributed by atoms with Crippen LogP contribution in [0.4, 0.5) is 0 Å². The SMILES string of the molecule is Clc1cc2c(cc1Cl)Sc1cc(Oc3ccccc3)c(Cl)cc1S2. The van der Waals surface area contributed by atoms with E-state index in [1.165, 1.54) is 0 Å². The third kappa shape index (κ3) is 3.24. The molecular formula is C18H9Cl3OS2. The highest BCUT2D eigenvalue weighted by molar-refractivity contribution is 8.05. The number of hydrogen-bond donors (Lipinski definition) is 0.